The summed E-state index contributed by atoms with van der Waals surface area (Å²) < 4.78 is 0. The van der Waals surface area contributed by atoms with E-state index in [1.807, 2.05) is 0 Å². The number of amides is 2. The highest BCUT2D eigenvalue weighted by Crippen LogP contribution is 2.20. The molecule has 28 heavy (non-hydrogen) atoms. The second kappa shape index (κ2) is 8.85. The van der Waals surface area contributed by atoms with Gasteiger partial charge in [-0.15, -0.1) is 0 Å². The van der Waals surface area contributed by atoms with Crippen LogP contribution < -0.4 is 10.6 Å². The van der Waals surface area contributed by atoms with Crippen molar-refractivity contribution < 1.29 is 9.59 Å². The quantitative estimate of drug-likeness (QED) is 0.650. The number of rotatable bonds is 5. The Morgan fingerprint density at radius 2 is 1.64 bits per heavy atom. The molecule has 0 radical (unpaired) electrons. The molecule has 0 fully saturated rings. The zero-order valence-corrected chi connectivity index (χ0v) is 15.5. The molecular formula is C22H16ClN3O2. The summed E-state index contributed by atoms with van der Waals surface area (Å²) in [4.78, 5) is 25.2. The fraction of sp³-hybridized carbons (Fsp3) is 0.0455. The second-order valence-electron chi connectivity index (χ2n) is 6.00. The van der Waals surface area contributed by atoms with Crippen LogP contribution in [0, 0.1) is 11.3 Å². The lowest BCUT2D eigenvalue weighted by molar-refractivity contribution is 0.102. The van der Waals surface area contributed by atoms with Crippen molar-refractivity contribution in [2.75, 3.05) is 10.6 Å². The Balaban J connectivity index is 1.79. The predicted octanol–water partition coefficient (Wildman–Crippen LogP) is 4.91. The van der Waals surface area contributed by atoms with Gasteiger partial charge < -0.3 is 10.6 Å². The Labute approximate surface area is 167 Å². The van der Waals surface area contributed by atoms with Gasteiger partial charge in [-0.2, -0.15) is 5.26 Å². The van der Waals surface area contributed by atoms with E-state index < -0.39 is 0 Å². The summed E-state index contributed by atoms with van der Waals surface area (Å²) in [6.45, 7) is 0. The van der Waals surface area contributed by atoms with Crippen molar-refractivity contribution in [3.05, 3.63) is 94.5 Å². The molecule has 3 aromatic carbocycles. The summed E-state index contributed by atoms with van der Waals surface area (Å²) in [6, 6.07) is 22.4. The molecule has 0 saturated carbocycles. The Bertz CT molecular complexity index is 1060. The molecular weight excluding hydrogens is 374 g/mol. The fourth-order valence-corrected chi connectivity index (χ4v) is 2.76. The number of halogens is 1. The lowest BCUT2D eigenvalue weighted by atomic mass is 10.1. The van der Waals surface area contributed by atoms with E-state index in [4.69, 9.17) is 16.9 Å². The molecule has 0 aromatic heterocycles. The summed E-state index contributed by atoms with van der Waals surface area (Å²) in [5.41, 5.74) is 2.49. The van der Waals surface area contributed by atoms with E-state index >= 15 is 0 Å². The molecule has 0 heterocycles. The minimum atomic E-state index is -0.355. The number of carbonyl (C=O) groups excluding carboxylic acids is 2. The van der Waals surface area contributed by atoms with Crippen molar-refractivity contribution in [1.29, 1.82) is 5.26 Å². The van der Waals surface area contributed by atoms with Crippen LogP contribution in [-0.4, -0.2) is 11.8 Å². The van der Waals surface area contributed by atoms with E-state index in [2.05, 4.69) is 16.7 Å². The molecule has 0 bridgehead atoms. The lowest BCUT2D eigenvalue weighted by Gasteiger charge is -2.12. The highest BCUT2D eigenvalue weighted by molar-refractivity contribution is 6.30. The summed E-state index contributed by atoms with van der Waals surface area (Å²) in [7, 11) is 0. The standard InChI is InChI=1S/C22H16ClN3O2/c23-17-8-10-18(11-9-17)25-22(28)19-6-1-2-7-20(19)26-21(27)16-5-3-4-15(14-16)12-13-24/h1-11,14H,12H2,(H,25,28)(H,26,27). The van der Waals surface area contributed by atoms with Crippen molar-refractivity contribution in [2.24, 2.45) is 0 Å². The average Bonchev–Trinajstić information content (AvgIpc) is 2.70. The largest absolute Gasteiger partial charge is 0.322 e. The van der Waals surface area contributed by atoms with Gasteiger partial charge in [0, 0.05) is 16.3 Å². The maximum Gasteiger partial charge on any atom is 0.257 e. The topological polar surface area (TPSA) is 82.0 Å². The van der Waals surface area contributed by atoms with Gasteiger partial charge in [0.2, 0.25) is 0 Å². The number of hydrogen-bond acceptors (Lipinski definition) is 3. The van der Waals surface area contributed by atoms with E-state index in [0.717, 1.165) is 5.56 Å². The van der Waals surface area contributed by atoms with Gasteiger partial charge in [0.15, 0.2) is 0 Å². The molecule has 3 rings (SSSR count). The van der Waals surface area contributed by atoms with Gasteiger partial charge in [-0.25, -0.2) is 0 Å². The number of nitrogens with zero attached hydrogens (tertiary/aromatic N) is 1. The van der Waals surface area contributed by atoms with Crippen LogP contribution in [0.3, 0.4) is 0 Å². The number of hydrogen-bond donors (Lipinski definition) is 2. The van der Waals surface area contributed by atoms with E-state index in [1.165, 1.54) is 0 Å². The van der Waals surface area contributed by atoms with Gasteiger partial charge in [-0.1, -0.05) is 35.9 Å². The molecule has 138 valence electrons. The first kappa shape index (κ1) is 19.2. The Kier molecular flexibility index (Phi) is 6.05. The third-order valence-electron chi connectivity index (χ3n) is 3.99. The summed E-state index contributed by atoms with van der Waals surface area (Å²) in [5, 5.41) is 14.9. The zero-order chi connectivity index (χ0) is 19.9. The molecule has 0 aliphatic rings. The Morgan fingerprint density at radius 3 is 2.39 bits per heavy atom. The normalized spacial score (nSPS) is 10.0. The van der Waals surface area contributed by atoms with Gasteiger partial charge in [-0.05, 0) is 54.1 Å². The lowest BCUT2D eigenvalue weighted by Crippen LogP contribution is -2.18. The third kappa shape index (κ3) is 4.76. The molecule has 0 unspecified atom stereocenters. The molecule has 3 aromatic rings. The smallest absolute Gasteiger partial charge is 0.257 e. The first-order valence-corrected chi connectivity index (χ1v) is 8.88. The van der Waals surface area contributed by atoms with Gasteiger partial charge in [0.1, 0.15) is 0 Å². The van der Waals surface area contributed by atoms with Crippen LogP contribution in [0.25, 0.3) is 0 Å². The minimum Gasteiger partial charge on any atom is -0.322 e. The van der Waals surface area contributed by atoms with E-state index in [0.29, 0.717) is 27.5 Å². The van der Waals surface area contributed by atoms with Crippen LogP contribution >= 0.6 is 11.6 Å². The maximum atomic E-state index is 12.6. The van der Waals surface area contributed by atoms with Crippen LogP contribution in [0.1, 0.15) is 26.3 Å². The second-order valence-corrected chi connectivity index (χ2v) is 6.43. The molecule has 0 spiro atoms. The zero-order valence-electron chi connectivity index (χ0n) is 14.8. The molecule has 6 heteroatoms. The number of carbonyl (C=O) groups is 2. The molecule has 0 saturated heterocycles. The summed E-state index contributed by atoms with van der Waals surface area (Å²) >= 11 is 5.86. The fourth-order valence-electron chi connectivity index (χ4n) is 2.63. The van der Waals surface area contributed by atoms with Crippen molar-refractivity contribution >= 4 is 34.8 Å². The van der Waals surface area contributed by atoms with Crippen molar-refractivity contribution in [1.82, 2.24) is 0 Å². The number of para-hydroxylation sites is 1. The summed E-state index contributed by atoms with van der Waals surface area (Å²) in [5.74, 6) is -0.706. The highest BCUT2D eigenvalue weighted by atomic mass is 35.5. The van der Waals surface area contributed by atoms with Gasteiger partial charge >= 0.3 is 0 Å². The van der Waals surface area contributed by atoms with Gasteiger partial charge in [-0.3, -0.25) is 9.59 Å². The third-order valence-corrected chi connectivity index (χ3v) is 4.25. The SMILES string of the molecule is N#CCc1cccc(C(=O)Nc2ccccc2C(=O)Nc2ccc(Cl)cc2)c1. The van der Waals surface area contributed by atoms with Crippen molar-refractivity contribution in [2.45, 2.75) is 6.42 Å². The molecule has 0 aliphatic carbocycles. The van der Waals surface area contributed by atoms with Gasteiger partial charge in [0.25, 0.3) is 11.8 Å². The van der Waals surface area contributed by atoms with Crippen LogP contribution in [0.15, 0.2) is 72.8 Å². The number of benzene rings is 3. The molecule has 0 aliphatic heterocycles. The van der Waals surface area contributed by atoms with Crippen LogP contribution in [0.2, 0.25) is 5.02 Å². The van der Waals surface area contributed by atoms with Crippen molar-refractivity contribution in [3.63, 3.8) is 0 Å². The highest BCUT2D eigenvalue weighted by Gasteiger charge is 2.14. The monoisotopic (exact) mass is 389 g/mol. The number of anilines is 2. The summed E-state index contributed by atoms with van der Waals surface area (Å²) in [6.07, 6.45) is 0.223. The van der Waals surface area contributed by atoms with E-state index in [9.17, 15) is 9.59 Å². The molecule has 0 atom stereocenters. The number of nitrogens with one attached hydrogen (secondary N) is 2. The van der Waals surface area contributed by atoms with Gasteiger partial charge in [0.05, 0.1) is 23.7 Å². The van der Waals surface area contributed by atoms with E-state index in [1.54, 1.807) is 72.8 Å². The Morgan fingerprint density at radius 1 is 0.893 bits per heavy atom. The predicted molar refractivity (Wildman–Crippen MR) is 110 cm³/mol. The van der Waals surface area contributed by atoms with Crippen LogP contribution in [0.4, 0.5) is 11.4 Å². The molecule has 5 nitrogen and oxygen atoms in total. The molecule has 2 amide bonds. The van der Waals surface area contributed by atoms with Crippen LogP contribution in [0.5, 0.6) is 0 Å². The Hall–Kier alpha value is -3.62. The van der Waals surface area contributed by atoms with Crippen molar-refractivity contribution in [3.8, 4) is 6.07 Å². The molecule has 2 N–H and O–H groups in total. The first-order valence-electron chi connectivity index (χ1n) is 8.50. The first-order chi connectivity index (χ1) is 13.6. The minimum absolute atomic E-state index is 0.223. The number of nitriles is 1. The van der Waals surface area contributed by atoms with Crippen LogP contribution in [-0.2, 0) is 6.42 Å². The maximum absolute atomic E-state index is 12.6. The average molecular weight is 390 g/mol. The van der Waals surface area contributed by atoms with E-state index in [-0.39, 0.29) is 18.2 Å².